The summed E-state index contributed by atoms with van der Waals surface area (Å²) in [7, 11) is 0. The first-order chi connectivity index (χ1) is 4.20. The van der Waals surface area contributed by atoms with Crippen molar-refractivity contribution in [2.75, 3.05) is 0 Å². The molecule has 0 saturated heterocycles. The van der Waals surface area contributed by atoms with Gasteiger partial charge >= 0.3 is 6.03 Å². The highest BCUT2D eigenvalue weighted by Gasteiger charge is 2.20. The molecule has 0 saturated carbocycles. The minimum Gasteiger partial charge on any atom is -0.354 e. The van der Waals surface area contributed by atoms with Crippen LogP contribution >= 0.6 is 0 Å². The third kappa shape index (κ3) is 1.45. The first kappa shape index (κ1) is 5.61. The number of primary amides is 2. The van der Waals surface area contributed by atoms with Crippen molar-refractivity contribution in [3.63, 3.8) is 0 Å². The van der Waals surface area contributed by atoms with Crippen molar-refractivity contribution in [3.05, 3.63) is 6.07 Å². The Hall–Kier alpha value is -1.52. The SMILES string of the molecule is NC(N)=O.c1c2noc1-2. The molecular weight excluding hydrogens is 122 g/mol. The lowest BCUT2D eigenvalue weighted by Crippen LogP contribution is -2.18. The van der Waals surface area contributed by atoms with Gasteiger partial charge in [-0.1, -0.05) is 5.16 Å². The molecular formula is C4H5N3O2. The maximum Gasteiger partial charge on any atom is 0.309 e. The van der Waals surface area contributed by atoms with Crippen molar-refractivity contribution in [2.24, 2.45) is 11.5 Å². The summed E-state index contributed by atoms with van der Waals surface area (Å²) in [6.45, 7) is 0. The fourth-order valence-corrected chi connectivity index (χ4v) is 0.292. The Balaban J connectivity index is 0.0000000945. The average molecular weight is 127 g/mol. The van der Waals surface area contributed by atoms with E-state index >= 15 is 0 Å². The van der Waals surface area contributed by atoms with E-state index in [0.29, 0.717) is 0 Å². The molecule has 5 nitrogen and oxygen atoms in total. The number of amides is 2. The summed E-state index contributed by atoms with van der Waals surface area (Å²) >= 11 is 0. The van der Waals surface area contributed by atoms with E-state index in [9.17, 15) is 0 Å². The van der Waals surface area contributed by atoms with E-state index in [1.165, 1.54) is 0 Å². The molecule has 0 fully saturated rings. The van der Waals surface area contributed by atoms with Gasteiger partial charge in [-0.3, -0.25) is 0 Å². The Morgan fingerprint density at radius 3 is 2.11 bits per heavy atom. The number of hydrogen-bond acceptors (Lipinski definition) is 3. The molecule has 0 aromatic carbocycles. The van der Waals surface area contributed by atoms with Gasteiger partial charge < -0.3 is 16.0 Å². The van der Waals surface area contributed by atoms with Gasteiger partial charge in [0.1, 0.15) is 0 Å². The van der Waals surface area contributed by atoms with Crippen LogP contribution in [-0.4, -0.2) is 11.2 Å². The van der Waals surface area contributed by atoms with Crippen LogP contribution in [0.25, 0.3) is 11.5 Å². The smallest absolute Gasteiger partial charge is 0.309 e. The van der Waals surface area contributed by atoms with Crippen molar-refractivity contribution in [2.45, 2.75) is 0 Å². The standard InChI is InChI=1S/C3HNO.CH4N2O/c1-2-3(1)5-4-2;2-1(3)4/h1H;(H4,2,3,4). The molecule has 0 radical (unpaired) electrons. The quantitative estimate of drug-likeness (QED) is 0.507. The molecule has 9 heavy (non-hydrogen) atoms. The van der Waals surface area contributed by atoms with Crippen molar-refractivity contribution >= 4 is 6.03 Å². The van der Waals surface area contributed by atoms with Crippen LogP contribution in [0.4, 0.5) is 4.79 Å². The fourth-order valence-electron chi connectivity index (χ4n) is 0.292. The van der Waals surface area contributed by atoms with Gasteiger partial charge in [0.05, 0.1) is 0 Å². The van der Waals surface area contributed by atoms with Crippen LogP contribution in [-0.2, 0) is 0 Å². The number of fused-ring (bicyclic) bond motifs is 1. The summed E-state index contributed by atoms with van der Waals surface area (Å²) < 4.78 is 4.45. The second-order valence-corrected chi connectivity index (χ2v) is 1.48. The second-order valence-electron chi connectivity index (χ2n) is 1.48. The molecule has 1 aliphatic carbocycles. The summed E-state index contributed by atoms with van der Waals surface area (Å²) in [6, 6.07) is 1.06. The summed E-state index contributed by atoms with van der Waals surface area (Å²) in [5.74, 6) is 0.977. The van der Waals surface area contributed by atoms with E-state index in [-0.39, 0.29) is 0 Å². The fraction of sp³-hybridized carbons (Fsp3) is 0. The minimum atomic E-state index is -0.833. The number of carbonyl (C=O) groups is 1. The molecule has 2 aliphatic rings. The first-order valence-electron chi connectivity index (χ1n) is 2.22. The van der Waals surface area contributed by atoms with E-state index in [1.807, 2.05) is 6.07 Å². The second kappa shape index (κ2) is 1.77. The number of nitrogens with zero attached hydrogens (tertiary/aromatic N) is 1. The zero-order valence-electron chi connectivity index (χ0n) is 4.50. The topological polar surface area (TPSA) is 95.1 Å². The Bertz CT molecular complexity index is 201. The molecule has 0 unspecified atom stereocenters. The van der Waals surface area contributed by atoms with Gasteiger partial charge in [0.15, 0.2) is 11.5 Å². The Morgan fingerprint density at radius 2 is 2.11 bits per heavy atom. The predicted molar refractivity (Wildman–Crippen MR) is 29.3 cm³/mol. The third-order valence-corrected chi connectivity index (χ3v) is 0.679. The number of urea groups is 1. The lowest BCUT2D eigenvalue weighted by Gasteiger charge is -1.76. The van der Waals surface area contributed by atoms with Crippen molar-refractivity contribution in [1.82, 2.24) is 5.16 Å². The summed E-state index contributed by atoms with van der Waals surface area (Å²) in [5.41, 5.74) is 9.55. The molecule has 4 N–H and O–H groups in total. The van der Waals surface area contributed by atoms with Crippen LogP contribution in [0.5, 0.6) is 0 Å². The van der Waals surface area contributed by atoms with E-state index in [1.54, 1.807) is 0 Å². The lowest BCUT2D eigenvalue weighted by atomic mass is 10.8. The summed E-state index contributed by atoms with van der Waals surface area (Å²) in [4.78, 5) is 9.00. The van der Waals surface area contributed by atoms with E-state index < -0.39 is 6.03 Å². The monoisotopic (exact) mass is 127 g/mol. The van der Waals surface area contributed by atoms with Gasteiger partial charge in [0.2, 0.25) is 0 Å². The van der Waals surface area contributed by atoms with E-state index in [0.717, 1.165) is 11.5 Å². The van der Waals surface area contributed by atoms with Gasteiger partial charge in [0, 0.05) is 6.07 Å². The van der Waals surface area contributed by atoms with Crippen LogP contribution in [0, 0.1) is 0 Å². The minimum absolute atomic E-state index is 0.833. The van der Waals surface area contributed by atoms with Gasteiger partial charge in [-0.05, 0) is 0 Å². The van der Waals surface area contributed by atoms with Gasteiger partial charge in [-0.15, -0.1) is 0 Å². The number of nitrogens with two attached hydrogens (primary N) is 2. The third-order valence-electron chi connectivity index (χ3n) is 0.679. The summed E-state index contributed by atoms with van der Waals surface area (Å²) in [6.07, 6.45) is 0. The highest BCUT2D eigenvalue weighted by Crippen LogP contribution is 2.32. The molecule has 2 rings (SSSR count). The number of aromatic nitrogens is 1. The Morgan fingerprint density at radius 1 is 1.67 bits per heavy atom. The zero-order valence-corrected chi connectivity index (χ0v) is 4.50. The van der Waals surface area contributed by atoms with Crippen LogP contribution in [0.2, 0.25) is 0 Å². The largest absolute Gasteiger partial charge is 0.354 e. The predicted octanol–water partition coefficient (Wildman–Crippen LogP) is -0.321. The molecule has 2 amide bonds. The molecule has 0 aromatic heterocycles. The number of rotatable bonds is 0. The van der Waals surface area contributed by atoms with Crippen molar-refractivity contribution in [3.8, 4) is 11.5 Å². The average Bonchev–Trinajstić information content (AvgIpc) is 2.10. The normalized spacial score (nSPS) is 9.33. The molecule has 48 valence electrons. The molecule has 5 heteroatoms. The zero-order chi connectivity index (χ0) is 6.85. The van der Waals surface area contributed by atoms with Gasteiger partial charge in [0.25, 0.3) is 0 Å². The highest BCUT2D eigenvalue weighted by molar-refractivity contribution is 5.69. The number of carbonyl (C=O) groups excluding carboxylic acids is 1. The van der Waals surface area contributed by atoms with Crippen LogP contribution in [0.1, 0.15) is 0 Å². The molecule has 0 aromatic rings. The van der Waals surface area contributed by atoms with Crippen LogP contribution in [0.3, 0.4) is 0 Å². The van der Waals surface area contributed by atoms with Crippen LogP contribution in [0.15, 0.2) is 10.6 Å². The molecule has 0 bridgehead atoms. The Labute approximate surface area is 50.6 Å². The van der Waals surface area contributed by atoms with E-state index in [2.05, 4.69) is 21.1 Å². The molecule has 0 spiro atoms. The van der Waals surface area contributed by atoms with Crippen LogP contribution < -0.4 is 11.5 Å². The molecule has 0 atom stereocenters. The van der Waals surface area contributed by atoms with Gasteiger partial charge in [-0.25, -0.2) is 4.79 Å². The maximum absolute atomic E-state index is 9.00. The Kier molecular flexibility index (Phi) is 1.11. The number of hydrogen-bond donors (Lipinski definition) is 2. The molecule has 1 aliphatic heterocycles. The maximum atomic E-state index is 9.00. The van der Waals surface area contributed by atoms with Gasteiger partial charge in [-0.2, -0.15) is 0 Å². The van der Waals surface area contributed by atoms with Crippen molar-refractivity contribution in [1.29, 1.82) is 0 Å². The lowest BCUT2D eigenvalue weighted by molar-refractivity contribution is 0.256. The van der Waals surface area contributed by atoms with E-state index in [4.69, 9.17) is 4.79 Å². The van der Waals surface area contributed by atoms with Crippen molar-refractivity contribution < 1.29 is 9.32 Å². The first-order valence-corrected chi connectivity index (χ1v) is 2.22. The summed E-state index contributed by atoms with van der Waals surface area (Å²) in [5, 5.41) is 3.47. The molecule has 1 heterocycles. The highest BCUT2D eigenvalue weighted by atomic mass is 16.5.